The number of imide groups is 1. The number of carbonyl (C=O) groups is 5. The number of nitrogens with zero attached hydrogens (tertiary/aromatic N) is 2. The lowest BCUT2D eigenvalue weighted by atomic mass is 9.95. The molecule has 3 heterocycles. The van der Waals surface area contributed by atoms with E-state index >= 15 is 0 Å². The van der Waals surface area contributed by atoms with Crippen molar-refractivity contribution >= 4 is 41.6 Å². The molecular formula is C20H23N5O6S. The van der Waals surface area contributed by atoms with Gasteiger partial charge in [-0.1, -0.05) is 30.3 Å². The van der Waals surface area contributed by atoms with Crippen LogP contribution < -0.4 is 16.0 Å². The number of aliphatic carboxylic acids is 1. The number of carboxylic acids is 1. The number of rotatable bonds is 5. The molecule has 4 atom stereocenters. The molecule has 3 saturated heterocycles. The summed E-state index contributed by atoms with van der Waals surface area (Å²) in [7, 11) is 0. The van der Waals surface area contributed by atoms with Crippen LogP contribution in [0.15, 0.2) is 30.3 Å². The van der Waals surface area contributed by atoms with Crippen molar-refractivity contribution in [2.24, 2.45) is 0 Å². The summed E-state index contributed by atoms with van der Waals surface area (Å²) in [5, 5.41) is 16.8. The molecule has 0 radical (unpaired) electrons. The van der Waals surface area contributed by atoms with Gasteiger partial charge < -0.3 is 26.0 Å². The molecule has 0 aliphatic carbocycles. The lowest BCUT2D eigenvalue weighted by Crippen LogP contribution is -2.71. The predicted octanol–water partition coefficient (Wildman–Crippen LogP) is 0.0942. The number of thioether (sulfide) groups is 1. The zero-order chi connectivity index (χ0) is 23.2. The van der Waals surface area contributed by atoms with E-state index in [1.165, 1.54) is 16.7 Å². The number of nitrogens with one attached hydrogen (secondary N) is 3. The largest absolute Gasteiger partial charge is 0.480 e. The van der Waals surface area contributed by atoms with Gasteiger partial charge in [-0.15, -0.1) is 11.8 Å². The van der Waals surface area contributed by atoms with Crippen molar-refractivity contribution in [2.45, 2.75) is 42.1 Å². The SMILES string of the molecule is CC1(C)SC2[C@H](NC(=O)C(NC(=O)N3CCNC3=O)c3ccccc3)C(=O)N2C1C(=O)O. The van der Waals surface area contributed by atoms with E-state index in [4.69, 9.17) is 0 Å². The zero-order valence-corrected chi connectivity index (χ0v) is 18.2. The highest BCUT2D eigenvalue weighted by Crippen LogP contribution is 2.50. The van der Waals surface area contributed by atoms with Gasteiger partial charge in [-0.2, -0.15) is 0 Å². The topological polar surface area (TPSA) is 148 Å². The maximum Gasteiger partial charge on any atom is 0.327 e. The summed E-state index contributed by atoms with van der Waals surface area (Å²) < 4.78 is -0.720. The normalized spacial score (nSPS) is 26.6. The molecule has 3 unspecified atom stereocenters. The number of hydrogen-bond donors (Lipinski definition) is 4. The number of carbonyl (C=O) groups excluding carboxylic acids is 4. The summed E-state index contributed by atoms with van der Waals surface area (Å²) in [4.78, 5) is 64.2. The third kappa shape index (κ3) is 3.64. The molecule has 12 heteroatoms. The van der Waals surface area contributed by atoms with Gasteiger partial charge in [0.2, 0.25) is 11.8 Å². The van der Waals surface area contributed by atoms with Crippen LogP contribution in [0.25, 0.3) is 0 Å². The number of amides is 6. The molecule has 11 nitrogen and oxygen atoms in total. The number of hydrogen-bond acceptors (Lipinski definition) is 6. The van der Waals surface area contributed by atoms with Crippen LogP contribution in [0.4, 0.5) is 9.59 Å². The summed E-state index contributed by atoms with van der Waals surface area (Å²) in [6.45, 7) is 3.98. The molecule has 170 valence electrons. The van der Waals surface area contributed by atoms with E-state index in [1.807, 2.05) is 0 Å². The van der Waals surface area contributed by atoms with Crippen LogP contribution in [0.2, 0.25) is 0 Å². The van der Waals surface area contributed by atoms with Crippen LogP contribution in [0, 0.1) is 0 Å². The first kappa shape index (κ1) is 21.9. The summed E-state index contributed by atoms with van der Waals surface area (Å²) in [5.74, 6) is -2.20. The highest BCUT2D eigenvalue weighted by atomic mass is 32.2. The van der Waals surface area contributed by atoms with E-state index in [2.05, 4.69) is 16.0 Å². The lowest BCUT2D eigenvalue weighted by Gasteiger charge is -2.44. The van der Waals surface area contributed by atoms with Crippen LogP contribution in [0.3, 0.4) is 0 Å². The summed E-state index contributed by atoms with van der Waals surface area (Å²) >= 11 is 1.31. The monoisotopic (exact) mass is 461 g/mol. The first-order valence-electron chi connectivity index (χ1n) is 10.1. The molecule has 3 aliphatic heterocycles. The summed E-state index contributed by atoms with van der Waals surface area (Å²) in [6, 6.07) is 4.14. The number of fused-ring (bicyclic) bond motifs is 1. The lowest BCUT2D eigenvalue weighted by molar-refractivity contribution is -0.161. The molecule has 1 aromatic carbocycles. The van der Waals surface area contributed by atoms with Gasteiger partial charge in [0, 0.05) is 17.8 Å². The molecule has 4 rings (SSSR count). The van der Waals surface area contributed by atoms with Crippen molar-refractivity contribution < 1.29 is 29.1 Å². The van der Waals surface area contributed by atoms with Crippen molar-refractivity contribution in [1.29, 1.82) is 0 Å². The van der Waals surface area contributed by atoms with Gasteiger partial charge in [0.25, 0.3) is 0 Å². The fourth-order valence-electron chi connectivity index (χ4n) is 4.19. The number of urea groups is 2. The molecule has 0 saturated carbocycles. The summed E-state index contributed by atoms with van der Waals surface area (Å²) in [5.41, 5.74) is 0.476. The second-order valence-corrected chi connectivity index (χ2v) is 10.0. The minimum Gasteiger partial charge on any atom is -0.480 e. The van der Waals surface area contributed by atoms with Gasteiger partial charge in [0.05, 0.1) is 0 Å². The fraction of sp³-hybridized carbons (Fsp3) is 0.450. The quantitative estimate of drug-likeness (QED) is 0.454. The van der Waals surface area contributed by atoms with Crippen LogP contribution >= 0.6 is 11.8 Å². The van der Waals surface area contributed by atoms with Crippen molar-refractivity contribution in [3.63, 3.8) is 0 Å². The molecule has 3 aliphatic rings. The fourth-order valence-corrected chi connectivity index (χ4v) is 5.82. The zero-order valence-electron chi connectivity index (χ0n) is 17.4. The van der Waals surface area contributed by atoms with Gasteiger partial charge in [-0.05, 0) is 19.4 Å². The minimum absolute atomic E-state index is 0.175. The van der Waals surface area contributed by atoms with Gasteiger partial charge >= 0.3 is 18.0 Å². The Bertz CT molecular complexity index is 986. The number of carboxylic acid groups (broad SMARTS) is 1. The van der Waals surface area contributed by atoms with E-state index in [9.17, 15) is 29.1 Å². The molecule has 32 heavy (non-hydrogen) atoms. The standard InChI is InChI=1S/C20H23N5O6S/c1-20(2)13(17(28)29)25-15(27)12(16(25)32-20)22-14(26)11(10-6-4-3-5-7-10)23-19(31)24-9-8-21-18(24)30/h3-7,11-13,16H,8-9H2,1-2H3,(H,21,30)(H,22,26)(H,23,31)(H,28,29)/t11?,12-,13?,16?/m1/s1. The summed E-state index contributed by atoms with van der Waals surface area (Å²) in [6.07, 6.45) is 0. The molecule has 0 spiro atoms. The first-order valence-corrected chi connectivity index (χ1v) is 10.9. The molecule has 0 aromatic heterocycles. The highest BCUT2D eigenvalue weighted by molar-refractivity contribution is 8.01. The maximum atomic E-state index is 13.1. The Kier molecular flexibility index (Phi) is 5.49. The third-order valence-corrected chi connectivity index (χ3v) is 7.31. The molecule has 4 N–H and O–H groups in total. The Hall–Kier alpha value is -3.28. The number of benzene rings is 1. The predicted molar refractivity (Wildman–Crippen MR) is 113 cm³/mol. The average molecular weight is 462 g/mol. The van der Waals surface area contributed by atoms with E-state index < -0.39 is 58.1 Å². The van der Waals surface area contributed by atoms with Gasteiger partial charge in [0.1, 0.15) is 23.5 Å². The van der Waals surface area contributed by atoms with Crippen LogP contribution in [0.1, 0.15) is 25.5 Å². The minimum atomic E-state index is -1.14. The Morgan fingerprint density at radius 1 is 1.22 bits per heavy atom. The van der Waals surface area contributed by atoms with E-state index in [0.29, 0.717) is 12.1 Å². The Morgan fingerprint density at radius 3 is 2.50 bits per heavy atom. The second-order valence-electron chi connectivity index (χ2n) is 8.26. The Morgan fingerprint density at radius 2 is 1.91 bits per heavy atom. The van der Waals surface area contributed by atoms with E-state index in [0.717, 1.165) is 4.90 Å². The molecule has 3 fully saturated rings. The third-order valence-electron chi connectivity index (χ3n) is 5.74. The van der Waals surface area contributed by atoms with E-state index in [1.54, 1.807) is 44.2 Å². The molecule has 6 amide bonds. The molecule has 0 bridgehead atoms. The highest BCUT2D eigenvalue weighted by Gasteiger charge is 2.64. The van der Waals surface area contributed by atoms with Crippen LogP contribution in [-0.4, -0.2) is 80.0 Å². The molecule has 1 aromatic rings. The van der Waals surface area contributed by atoms with Crippen molar-refractivity contribution in [1.82, 2.24) is 25.8 Å². The van der Waals surface area contributed by atoms with Crippen LogP contribution in [-0.2, 0) is 14.4 Å². The van der Waals surface area contributed by atoms with Gasteiger partial charge in [0.15, 0.2) is 0 Å². The van der Waals surface area contributed by atoms with Gasteiger partial charge in [-0.3, -0.25) is 9.59 Å². The smallest absolute Gasteiger partial charge is 0.327 e. The van der Waals surface area contributed by atoms with Crippen LogP contribution in [0.5, 0.6) is 0 Å². The molecular weight excluding hydrogens is 438 g/mol. The average Bonchev–Trinajstić information content (AvgIpc) is 3.29. The van der Waals surface area contributed by atoms with Crippen molar-refractivity contribution in [2.75, 3.05) is 13.1 Å². The maximum absolute atomic E-state index is 13.1. The van der Waals surface area contributed by atoms with Crippen molar-refractivity contribution in [3.8, 4) is 0 Å². The Balaban J connectivity index is 1.51. The van der Waals surface area contributed by atoms with Crippen molar-refractivity contribution in [3.05, 3.63) is 35.9 Å². The number of β-lactam (4-membered cyclic amide) rings is 1. The Labute approximate surface area is 187 Å². The van der Waals surface area contributed by atoms with E-state index in [-0.39, 0.29) is 6.54 Å². The second kappa shape index (κ2) is 8.01. The first-order chi connectivity index (χ1) is 15.1. The van der Waals surface area contributed by atoms with Gasteiger partial charge in [-0.25, -0.2) is 19.3 Å².